The van der Waals surface area contributed by atoms with E-state index >= 15 is 0 Å². The lowest BCUT2D eigenvalue weighted by atomic mass is 9.82. The second kappa shape index (κ2) is 6.58. The molecule has 6 heteroatoms. The van der Waals surface area contributed by atoms with E-state index in [1.54, 1.807) is 26.1 Å². The molecular weight excluding hydrogens is 330 g/mol. The predicted molar refractivity (Wildman–Crippen MR) is 99.7 cm³/mol. The van der Waals surface area contributed by atoms with Crippen LogP contribution in [0.15, 0.2) is 18.2 Å². The van der Waals surface area contributed by atoms with Crippen molar-refractivity contribution in [1.82, 2.24) is 15.5 Å². The van der Waals surface area contributed by atoms with Gasteiger partial charge in [-0.2, -0.15) is 0 Å². The van der Waals surface area contributed by atoms with E-state index in [0.717, 1.165) is 17.5 Å². The van der Waals surface area contributed by atoms with E-state index < -0.39 is 6.04 Å². The molecule has 1 aromatic carbocycles. The Morgan fingerprint density at radius 1 is 1.38 bits per heavy atom. The number of phenols is 1. The molecule has 0 saturated carbocycles. The molecule has 1 aromatic rings. The van der Waals surface area contributed by atoms with Crippen molar-refractivity contribution in [2.45, 2.75) is 64.7 Å². The molecule has 0 radical (unpaired) electrons. The fourth-order valence-corrected chi connectivity index (χ4v) is 4.19. The van der Waals surface area contributed by atoms with Crippen LogP contribution in [0.4, 0.5) is 0 Å². The minimum absolute atomic E-state index is 0.0201. The molecule has 4 atom stereocenters. The first kappa shape index (κ1) is 18.7. The molecular formula is C20H29N3O3. The molecule has 3 N–H and O–H groups in total. The van der Waals surface area contributed by atoms with Gasteiger partial charge in [-0.25, -0.2) is 0 Å². The molecule has 0 spiro atoms. The maximum Gasteiger partial charge on any atom is 0.246 e. The standard InChI is InChI=1S/C20H29N3O3/c1-11(21-5)18(25)22-14-9-13-7-6-8-16(24)17(13)15-10-20(3,4)12(2)23(15)19(14)26/h6-8,11-12,14-15,21,24H,9-10H2,1-5H3,(H,22,25)/t11-,12?,14-,15+/m0/s1. The van der Waals surface area contributed by atoms with Crippen LogP contribution >= 0.6 is 0 Å². The van der Waals surface area contributed by atoms with Gasteiger partial charge in [0.15, 0.2) is 0 Å². The van der Waals surface area contributed by atoms with Gasteiger partial charge in [0, 0.05) is 18.0 Å². The van der Waals surface area contributed by atoms with E-state index in [4.69, 9.17) is 0 Å². The molecule has 2 aliphatic rings. The summed E-state index contributed by atoms with van der Waals surface area (Å²) in [5, 5.41) is 16.3. The SMILES string of the molecule is CN[C@@H](C)C(=O)N[C@H]1Cc2cccc(O)c2[C@H]2CC(C)(C)C(C)N2C1=O. The second-order valence-electron chi connectivity index (χ2n) is 8.26. The number of hydrogen-bond acceptors (Lipinski definition) is 4. The number of likely N-dealkylation sites (N-methyl/N-ethyl adjacent to an activating group) is 1. The molecule has 2 amide bonds. The molecule has 1 unspecified atom stereocenters. The van der Waals surface area contributed by atoms with Crippen molar-refractivity contribution in [3.63, 3.8) is 0 Å². The average Bonchev–Trinajstić information content (AvgIpc) is 2.75. The van der Waals surface area contributed by atoms with Crippen molar-refractivity contribution in [2.24, 2.45) is 5.41 Å². The van der Waals surface area contributed by atoms with Crippen LogP contribution in [-0.4, -0.2) is 47.0 Å². The van der Waals surface area contributed by atoms with Gasteiger partial charge in [-0.05, 0) is 44.4 Å². The van der Waals surface area contributed by atoms with E-state index in [0.29, 0.717) is 6.42 Å². The van der Waals surface area contributed by atoms with Gasteiger partial charge in [0.25, 0.3) is 0 Å². The maximum atomic E-state index is 13.4. The third-order valence-electron chi connectivity index (χ3n) is 6.23. The van der Waals surface area contributed by atoms with Crippen LogP contribution in [0.1, 0.15) is 51.3 Å². The first-order valence-electron chi connectivity index (χ1n) is 9.28. The van der Waals surface area contributed by atoms with E-state index in [9.17, 15) is 14.7 Å². The summed E-state index contributed by atoms with van der Waals surface area (Å²) in [4.78, 5) is 27.6. The second-order valence-corrected chi connectivity index (χ2v) is 8.26. The summed E-state index contributed by atoms with van der Waals surface area (Å²) in [5.41, 5.74) is 1.69. The third kappa shape index (κ3) is 2.96. The van der Waals surface area contributed by atoms with E-state index in [-0.39, 0.29) is 41.1 Å². The number of fused-ring (bicyclic) bond motifs is 3. The lowest BCUT2D eigenvalue weighted by molar-refractivity contribution is -0.139. The summed E-state index contributed by atoms with van der Waals surface area (Å²) < 4.78 is 0. The lowest BCUT2D eigenvalue weighted by Crippen LogP contribution is -2.54. The van der Waals surface area contributed by atoms with E-state index in [2.05, 4.69) is 31.4 Å². The number of nitrogens with one attached hydrogen (secondary N) is 2. The number of nitrogens with zero attached hydrogens (tertiary/aromatic N) is 1. The molecule has 6 nitrogen and oxygen atoms in total. The van der Waals surface area contributed by atoms with Gasteiger partial charge < -0.3 is 20.6 Å². The van der Waals surface area contributed by atoms with Gasteiger partial charge in [-0.15, -0.1) is 0 Å². The minimum atomic E-state index is -0.625. The van der Waals surface area contributed by atoms with Gasteiger partial charge in [-0.1, -0.05) is 26.0 Å². The summed E-state index contributed by atoms with van der Waals surface area (Å²) in [7, 11) is 1.72. The van der Waals surface area contributed by atoms with Crippen LogP contribution in [-0.2, 0) is 16.0 Å². The molecule has 0 aromatic heterocycles. The normalized spacial score (nSPS) is 28.1. The van der Waals surface area contributed by atoms with Gasteiger partial charge in [-0.3, -0.25) is 9.59 Å². The Morgan fingerprint density at radius 2 is 2.08 bits per heavy atom. The zero-order chi connectivity index (χ0) is 19.2. The molecule has 0 aliphatic carbocycles. The van der Waals surface area contributed by atoms with Crippen LogP contribution in [0.5, 0.6) is 5.75 Å². The fourth-order valence-electron chi connectivity index (χ4n) is 4.19. The molecule has 2 heterocycles. The highest BCUT2D eigenvalue weighted by molar-refractivity contribution is 5.91. The molecule has 0 bridgehead atoms. The zero-order valence-corrected chi connectivity index (χ0v) is 16.2. The number of carbonyl (C=O) groups excluding carboxylic acids is 2. The Bertz CT molecular complexity index is 731. The predicted octanol–water partition coefficient (Wildman–Crippen LogP) is 1.73. The Labute approximate surface area is 155 Å². The fraction of sp³-hybridized carbons (Fsp3) is 0.600. The largest absolute Gasteiger partial charge is 0.508 e. The van der Waals surface area contributed by atoms with E-state index in [1.165, 1.54) is 0 Å². The van der Waals surface area contributed by atoms with Crippen LogP contribution in [0, 0.1) is 5.41 Å². The Morgan fingerprint density at radius 3 is 2.73 bits per heavy atom. The van der Waals surface area contributed by atoms with Crippen LogP contribution in [0.3, 0.4) is 0 Å². The quantitative estimate of drug-likeness (QED) is 0.768. The van der Waals surface area contributed by atoms with E-state index in [1.807, 2.05) is 11.0 Å². The van der Waals surface area contributed by atoms with Crippen molar-refractivity contribution in [3.8, 4) is 5.75 Å². The van der Waals surface area contributed by atoms with Crippen LogP contribution < -0.4 is 10.6 Å². The molecule has 142 valence electrons. The number of aromatic hydroxyl groups is 1. The number of hydrogen-bond donors (Lipinski definition) is 3. The Kier molecular flexibility index (Phi) is 4.73. The first-order chi connectivity index (χ1) is 12.2. The minimum Gasteiger partial charge on any atom is -0.508 e. The summed E-state index contributed by atoms with van der Waals surface area (Å²) in [6.07, 6.45) is 1.18. The number of rotatable bonds is 3. The Hall–Kier alpha value is -2.08. The maximum absolute atomic E-state index is 13.4. The van der Waals surface area contributed by atoms with Crippen molar-refractivity contribution in [2.75, 3.05) is 7.05 Å². The highest BCUT2D eigenvalue weighted by Gasteiger charge is 2.51. The van der Waals surface area contributed by atoms with Crippen molar-refractivity contribution < 1.29 is 14.7 Å². The summed E-state index contributed by atoms with van der Waals surface area (Å²) >= 11 is 0. The van der Waals surface area contributed by atoms with Gasteiger partial charge in [0.05, 0.1) is 12.1 Å². The molecule has 1 saturated heterocycles. The van der Waals surface area contributed by atoms with Gasteiger partial charge in [0.2, 0.25) is 11.8 Å². The monoisotopic (exact) mass is 359 g/mol. The summed E-state index contributed by atoms with van der Waals surface area (Å²) in [6, 6.07) is 4.28. The Balaban J connectivity index is 2.04. The molecule has 3 rings (SSSR count). The molecule has 2 aliphatic heterocycles. The average molecular weight is 359 g/mol. The number of carbonyl (C=O) groups is 2. The van der Waals surface area contributed by atoms with Crippen molar-refractivity contribution in [3.05, 3.63) is 29.3 Å². The molecule has 1 fully saturated rings. The first-order valence-corrected chi connectivity index (χ1v) is 9.28. The van der Waals surface area contributed by atoms with Crippen LogP contribution in [0.2, 0.25) is 0 Å². The summed E-state index contributed by atoms with van der Waals surface area (Å²) in [6.45, 7) is 8.12. The summed E-state index contributed by atoms with van der Waals surface area (Å²) in [5.74, 6) is -0.0387. The van der Waals surface area contributed by atoms with Gasteiger partial charge in [0.1, 0.15) is 11.8 Å². The van der Waals surface area contributed by atoms with Crippen molar-refractivity contribution >= 4 is 11.8 Å². The number of phenolic OH excluding ortho intramolecular Hbond substituents is 1. The lowest BCUT2D eigenvalue weighted by Gasteiger charge is -2.33. The number of amides is 2. The molecule has 26 heavy (non-hydrogen) atoms. The zero-order valence-electron chi connectivity index (χ0n) is 16.2. The highest BCUT2D eigenvalue weighted by atomic mass is 16.3. The third-order valence-corrected chi connectivity index (χ3v) is 6.23. The number of benzene rings is 1. The van der Waals surface area contributed by atoms with Crippen molar-refractivity contribution in [1.29, 1.82) is 0 Å². The van der Waals surface area contributed by atoms with Gasteiger partial charge >= 0.3 is 0 Å². The highest BCUT2D eigenvalue weighted by Crippen LogP contribution is 2.51. The topological polar surface area (TPSA) is 81.7 Å². The van der Waals surface area contributed by atoms with Crippen LogP contribution in [0.25, 0.3) is 0 Å². The smallest absolute Gasteiger partial charge is 0.246 e.